The molecule has 2 heterocycles. The molecule has 0 spiro atoms. The second-order valence-electron chi connectivity index (χ2n) is 5.12. The van der Waals surface area contributed by atoms with Crippen LogP contribution in [0.15, 0.2) is 60.0 Å². The van der Waals surface area contributed by atoms with E-state index in [1.165, 1.54) is 11.8 Å². The second kappa shape index (κ2) is 7.74. The highest BCUT2D eigenvalue weighted by Gasteiger charge is 2.21. The van der Waals surface area contributed by atoms with Gasteiger partial charge in [-0.15, -0.1) is 5.10 Å². The van der Waals surface area contributed by atoms with Gasteiger partial charge in [-0.3, -0.25) is 14.9 Å². The van der Waals surface area contributed by atoms with Gasteiger partial charge >= 0.3 is 0 Å². The largest absolute Gasteiger partial charge is 0.358 e. The predicted octanol–water partition coefficient (Wildman–Crippen LogP) is 2.32. The van der Waals surface area contributed by atoms with E-state index < -0.39 is 0 Å². The maximum Gasteiger partial charge on any atom is 0.233 e. The molecule has 1 aromatic carbocycles. The van der Waals surface area contributed by atoms with Crippen LogP contribution >= 0.6 is 11.8 Å². The molecule has 0 saturated carbocycles. The zero-order valence-electron chi connectivity index (χ0n) is 13.1. The molecule has 2 N–H and O–H groups in total. The van der Waals surface area contributed by atoms with Gasteiger partial charge in [0.1, 0.15) is 0 Å². The van der Waals surface area contributed by atoms with Crippen molar-refractivity contribution in [3.8, 4) is 11.4 Å². The van der Waals surface area contributed by atoms with E-state index in [2.05, 4.69) is 25.5 Å². The van der Waals surface area contributed by atoms with Crippen molar-refractivity contribution < 1.29 is 4.79 Å². The van der Waals surface area contributed by atoms with Crippen molar-refractivity contribution in [3.05, 3.63) is 60.4 Å². The molecule has 0 bridgehead atoms. The maximum atomic E-state index is 12.2. The van der Waals surface area contributed by atoms with Gasteiger partial charge in [-0.05, 0) is 24.1 Å². The first-order chi connectivity index (χ1) is 11.8. The van der Waals surface area contributed by atoms with Crippen LogP contribution in [0.5, 0.6) is 0 Å². The molecule has 0 aliphatic carbocycles. The van der Waals surface area contributed by atoms with Gasteiger partial charge in [-0.2, -0.15) is 0 Å². The number of aromatic nitrogens is 4. The first-order valence-corrected chi connectivity index (χ1v) is 8.39. The van der Waals surface area contributed by atoms with E-state index in [4.69, 9.17) is 0 Å². The van der Waals surface area contributed by atoms with Crippen LogP contribution in [0.25, 0.3) is 11.4 Å². The van der Waals surface area contributed by atoms with Crippen LogP contribution in [0, 0.1) is 0 Å². The molecule has 24 heavy (non-hydrogen) atoms. The molecular formula is C17H17N5OS. The summed E-state index contributed by atoms with van der Waals surface area (Å²) >= 11 is 1.35. The average Bonchev–Trinajstić information content (AvgIpc) is 3.11. The van der Waals surface area contributed by atoms with Crippen LogP contribution < -0.4 is 5.32 Å². The third kappa shape index (κ3) is 3.99. The topological polar surface area (TPSA) is 83.6 Å². The predicted molar refractivity (Wildman–Crippen MR) is 93.5 cm³/mol. The van der Waals surface area contributed by atoms with Crippen molar-refractivity contribution in [1.29, 1.82) is 0 Å². The lowest BCUT2D eigenvalue weighted by Crippen LogP contribution is -2.31. The highest BCUT2D eigenvalue weighted by atomic mass is 32.2. The van der Waals surface area contributed by atoms with E-state index in [0.29, 0.717) is 17.4 Å². The fourth-order valence-electron chi connectivity index (χ4n) is 2.24. The number of benzene rings is 1. The zero-order chi connectivity index (χ0) is 16.8. The number of carbonyl (C=O) groups excluding carboxylic acids is 1. The standard InChI is InChI=1S/C17H17N5OS/c1-18-16(23)14(10-12-6-3-2-4-7-12)24-17-20-15(21-22-17)13-8-5-9-19-11-13/h2-9,11,14H,10H2,1H3,(H,18,23)(H,20,21,22)/t14-/m0/s1. The van der Waals surface area contributed by atoms with E-state index in [0.717, 1.165) is 11.1 Å². The smallest absolute Gasteiger partial charge is 0.233 e. The molecule has 6 nitrogen and oxygen atoms in total. The number of hydrogen-bond donors (Lipinski definition) is 2. The molecule has 3 aromatic rings. The molecule has 7 heteroatoms. The number of rotatable bonds is 6. The summed E-state index contributed by atoms with van der Waals surface area (Å²) in [6.45, 7) is 0. The van der Waals surface area contributed by atoms with Crippen molar-refractivity contribution in [2.45, 2.75) is 16.8 Å². The van der Waals surface area contributed by atoms with Gasteiger partial charge in [0.25, 0.3) is 0 Å². The first kappa shape index (κ1) is 16.2. The summed E-state index contributed by atoms with van der Waals surface area (Å²) in [6, 6.07) is 13.7. The highest BCUT2D eigenvalue weighted by Crippen LogP contribution is 2.25. The Morgan fingerprint density at radius 3 is 2.79 bits per heavy atom. The van der Waals surface area contributed by atoms with Crippen LogP contribution in [0.1, 0.15) is 5.56 Å². The summed E-state index contributed by atoms with van der Waals surface area (Å²) in [4.78, 5) is 20.7. The Morgan fingerprint density at radius 2 is 2.08 bits per heavy atom. The van der Waals surface area contributed by atoms with E-state index >= 15 is 0 Å². The number of amides is 1. The number of thioether (sulfide) groups is 1. The molecule has 2 aromatic heterocycles. The van der Waals surface area contributed by atoms with Crippen LogP contribution in [-0.2, 0) is 11.2 Å². The molecule has 0 fully saturated rings. The summed E-state index contributed by atoms with van der Waals surface area (Å²) in [6.07, 6.45) is 4.04. The summed E-state index contributed by atoms with van der Waals surface area (Å²) < 4.78 is 0. The molecule has 1 atom stereocenters. The SMILES string of the molecule is CNC(=O)[C@H](Cc1ccccc1)Sc1n[nH]c(-c2cccnc2)n1. The van der Waals surface area contributed by atoms with E-state index in [1.807, 2.05) is 42.5 Å². The van der Waals surface area contributed by atoms with Gasteiger partial charge in [0.2, 0.25) is 11.1 Å². The summed E-state index contributed by atoms with van der Waals surface area (Å²) in [5.41, 5.74) is 1.96. The molecule has 122 valence electrons. The van der Waals surface area contributed by atoms with Crippen LogP contribution in [0.3, 0.4) is 0 Å². The summed E-state index contributed by atoms with van der Waals surface area (Å²) in [5, 5.41) is 10.1. The van der Waals surface area contributed by atoms with E-state index in [-0.39, 0.29) is 11.2 Å². The van der Waals surface area contributed by atoms with Gasteiger partial charge in [-0.1, -0.05) is 42.1 Å². The number of carbonyl (C=O) groups is 1. The Balaban J connectivity index is 1.75. The van der Waals surface area contributed by atoms with Crippen molar-refractivity contribution in [3.63, 3.8) is 0 Å². The fraction of sp³-hybridized carbons (Fsp3) is 0.176. The second-order valence-corrected chi connectivity index (χ2v) is 6.29. The van der Waals surface area contributed by atoms with Gasteiger partial charge in [0.15, 0.2) is 5.82 Å². The Hall–Kier alpha value is -2.67. The van der Waals surface area contributed by atoms with Gasteiger partial charge in [0, 0.05) is 25.0 Å². The maximum absolute atomic E-state index is 12.2. The molecule has 0 radical (unpaired) electrons. The Kier molecular flexibility index (Phi) is 5.22. The number of nitrogens with zero attached hydrogens (tertiary/aromatic N) is 3. The lowest BCUT2D eigenvalue weighted by Gasteiger charge is -2.13. The Labute approximate surface area is 144 Å². The third-order valence-electron chi connectivity index (χ3n) is 3.45. The lowest BCUT2D eigenvalue weighted by atomic mass is 10.1. The average molecular weight is 339 g/mol. The number of H-pyrrole nitrogens is 1. The highest BCUT2D eigenvalue weighted by molar-refractivity contribution is 8.00. The lowest BCUT2D eigenvalue weighted by molar-refractivity contribution is -0.120. The molecular weight excluding hydrogens is 322 g/mol. The minimum atomic E-state index is -0.296. The summed E-state index contributed by atoms with van der Waals surface area (Å²) in [7, 11) is 1.64. The molecule has 3 rings (SSSR count). The monoisotopic (exact) mass is 339 g/mol. The Morgan fingerprint density at radius 1 is 1.25 bits per heavy atom. The minimum absolute atomic E-state index is 0.0448. The van der Waals surface area contributed by atoms with Crippen LogP contribution in [-0.4, -0.2) is 38.4 Å². The zero-order valence-corrected chi connectivity index (χ0v) is 14.0. The molecule has 0 aliphatic rings. The van der Waals surface area contributed by atoms with Gasteiger partial charge in [0.05, 0.1) is 5.25 Å². The number of hydrogen-bond acceptors (Lipinski definition) is 5. The van der Waals surface area contributed by atoms with E-state index in [9.17, 15) is 4.79 Å². The quantitative estimate of drug-likeness (QED) is 0.673. The minimum Gasteiger partial charge on any atom is -0.358 e. The van der Waals surface area contributed by atoms with Gasteiger partial charge in [-0.25, -0.2) is 4.98 Å². The molecule has 1 amide bonds. The first-order valence-electron chi connectivity index (χ1n) is 7.51. The normalized spacial score (nSPS) is 11.9. The fourth-order valence-corrected chi connectivity index (χ4v) is 3.23. The molecule has 0 unspecified atom stereocenters. The number of aromatic amines is 1. The number of nitrogens with one attached hydrogen (secondary N) is 2. The van der Waals surface area contributed by atoms with Gasteiger partial charge < -0.3 is 5.32 Å². The molecule has 0 aliphatic heterocycles. The van der Waals surface area contributed by atoms with Crippen LogP contribution in [0.2, 0.25) is 0 Å². The third-order valence-corrected chi connectivity index (χ3v) is 4.51. The van der Waals surface area contributed by atoms with Crippen molar-refractivity contribution >= 4 is 17.7 Å². The Bertz CT molecular complexity index is 791. The number of pyridine rings is 1. The van der Waals surface area contributed by atoms with E-state index in [1.54, 1.807) is 19.4 Å². The van der Waals surface area contributed by atoms with Crippen molar-refractivity contribution in [2.75, 3.05) is 7.05 Å². The van der Waals surface area contributed by atoms with Crippen LogP contribution in [0.4, 0.5) is 0 Å². The summed E-state index contributed by atoms with van der Waals surface area (Å²) in [5.74, 6) is 0.595. The van der Waals surface area contributed by atoms with Crippen molar-refractivity contribution in [2.24, 2.45) is 0 Å². The molecule has 0 saturated heterocycles. The van der Waals surface area contributed by atoms with Crippen molar-refractivity contribution in [1.82, 2.24) is 25.5 Å².